The minimum atomic E-state index is -3.24. The molecule has 0 spiro atoms. The van der Waals surface area contributed by atoms with E-state index < -0.39 is 15.3 Å². The highest BCUT2D eigenvalue weighted by Gasteiger charge is 2.14. The second-order valence-electron chi connectivity index (χ2n) is 5.56. The van der Waals surface area contributed by atoms with Crippen LogP contribution in [-0.2, 0) is 26.0 Å². The molecule has 1 rings (SSSR count). The summed E-state index contributed by atoms with van der Waals surface area (Å²) in [6.45, 7) is 3.58. The van der Waals surface area contributed by atoms with Gasteiger partial charge in [-0.15, -0.1) is 0 Å². The van der Waals surface area contributed by atoms with Crippen LogP contribution in [0.2, 0.25) is 0 Å². The summed E-state index contributed by atoms with van der Waals surface area (Å²) in [5, 5.41) is 2.32. The summed E-state index contributed by atoms with van der Waals surface area (Å²) in [4.78, 5) is 22.3. The van der Waals surface area contributed by atoms with Crippen LogP contribution >= 0.6 is 0 Å². The average Bonchev–Trinajstić information content (AvgIpc) is 2.47. The number of unbranched alkanes of at least 4 members (excludes halogenated alkanes) is 1. The smallest absolute Gasteiger partial charge is 0.224 e. The summed E-state index contributed by atoms with van der Waals surface area (Å²) in [6, 6.07) is 7.14. The first-order chi connectivity index (χ1) is 10.8. The third-order valence-corrected chi connectivity index (χ3v) is 5.13. The van der Waals surface area contributed by atoms with Crippen molar-refractivity contribution in [3.05, 3.63) is 29.8 Å². The van der Waals surface area contributed by atoms with Crippen LogP contribution < -0.4 is 10.0 Å². The van der Waals surface area contributed by atoms with Gasteiger partial charge in [-0.2, -0.15) is 0 Å². The highest BCUT2D eigenvalue weighted by molar-refractivity contribution is 7.90. The number of carbonyl (C=O) groups excluding carboxylic acids is 2. The molecule has 1 aromatic rings. The van der Waals surface area contributed by atoms with E-state index in [0.717, 1.165) is 11.8 Å². The second-order valence-corrected chi connectivity index (χ2v) is 7.89. The molecule has 1 amide bonds. The van der Waals surface area contributed by atoms with Crippen LogP contribution in [-0.4, -0.2) is 32.4 Å². The van der Waals surface area contributed by atoms with E-state index in [1.165, 1.54) is 0 Å². The molecule has 6 nitrogen and oxygen atoms in total. The highest BCUT2D eigenvalue weighted by atomic mass is 32.2. The minimum Gasteiger partial charge on any atom is -0.326 e. The van der Waals surface area contributed by atoms with E-state index in [2.05, 4.69) is 10.0 Å². The Morgan fingerprint density at radius 3 is 2.65 bits per heavy atom. The number of sulfonamides is 1. The lowest BCUT2D eigenvalue weighted by molar-refractivity contribution is -0.116. The third kappa shape index (κ3) is 7.38. The lowest BCUT2D eigenvalue weighted by Crippen LogP contribution is -2.31. The van der Waals surface area contributed by atoms with Gasteiger partial charge in [0.1, 0.15) is 6.29 Å². The zero-order valence-electron chi connectivity index (χ0n) is 13.5. The van der Waals surface area contributed by atoms with E-state index in [-0.39, 0.29) is 5.91 Å². The monoisotopic (exact) mass is 340 g/mol. The molecule has 0 aromatic heterocycles. The van der Waals surface area contributed by atoms with Crippen LogP contribution in [0.25, 0.3) is 0 Å². The fourth-order valence-electron chi connectivity index (χ4n) is 1.89. The number of hydrogen-bond donors (Lipinski definition) is 2. The molecule has 0 heterocycles. The summed E-state index contributed by atoms with van der Waals surface area (Å²) in [7, 11) is -3.24. The van der Waals surface area contributed by atoms with Gasteiger partial charge in [-0.1, -0.05) is 12.1 Å². The SMILES string of the molecule is CC(C)S(=O)(=O)NCCCCC(=O)Nc1cccc(CC=O)c1. The summed E-state index contributed by atoms with van der Waals surface area (Å²) >= 11 is 0. The first kappa shape index (κ1) is 19.3. The van der Waals surface area contributed by atoms with Crippen LogP contribution in [0.15, 0.2) is 24.3 Å². The van der Waals surface area contributed by atoms with E-state index in [9.17, 15) is 18.0 Å². The topological polar surface area (TPSA) is 92.3 Å². The van der Waals surface area contributed by atoms with Gasteiger partial charge in [0.05, 0.1) is 5.25 Å². The van der Waals surface area contributed by atoms with Gasteiger partial charge < -0.3 is 10.1 Å². The van der Waals surface area contributed by atoms with E-state index in [1.807, 2.05) is 6.07 Å². The molecule has 128 valence electrons. The molecule has 0 saturated heterocycles. The standard InChI is InChI=1S/C16H24N2O4S/c1-13(2)23(21,22)17-10-4-3-8-16(20)18-15-7-5-6-14(12-15)9-11-19/h5-7,11-13,17H,3-4,8-10H2,1-2H3,(H,18,20). The van der Waals surface area contributed by atoms with Crippen molar-refractivity contribution in [2.75, 3.05) is 11.9 Å². The molecule has 0 aliphatic rings. The Kier molecular flexibility index (Phi) is 7.91. The van der Waals surface area contributed by atoms with Gasteiger partial charge in [-0.3, -0.25) is 4.79 Å². The molecule has 0 aliphatic carbocycles. The quantitative estimate of drug-likeness (QED) is 0.502. The molecule has 1 aromatic carbocycles. The van der Waals surface area contributed by atoms with Gasteiger partial charge in [-0.25, -0.2) is 13.1 Å². The van der Waals surface area contributed by atoms with Gasteiger partial charge in [0.15, 0.2) is 0 Å². The van der Waals surface area contributed by atoms with Crippen molar-refractivity contribution in [2.24, 2.45) is 0 Å². The zero-order chi connectivity index (χ0) is 17.3. The van der Waals surface area contributed by atoms with Crippen molar-refractivity contribution in [1.82, 2.24) is 4.72 Å². The lowest BCUT2D eigenvalue weighted by atomic mass is 10.1. The van der Waals surface area contributed by atoms with Crippen LogP contribution in [0, 0.1) is 0 Å². The maximum absolute atomic E-state index is 11.8. The van der Waals surface area contributed by atoms with E-state index in [4.69, 9.17) is 0 Å². The summed E-state index contributed by atoms with van der Waals surface area (Å²) in [6.07, 6.45) is 2.66. The third-order valence-electron chi connectivity index (χ3n) is 3.28. The number of carbonyl (C=O) groups is 2. The fraction of sp³-hybridized carbons (Fsp3) is 0.500. The number of anilines is 1. The Morgan fingerprint density at radius 1 is 1.26 bits per heavy atom. The summed E-state index contributed by atoms with van der Waals surface area (Å²) in [5.41, 5.74) is 1.51. The molecule has 0 bridgehead atoms. The van der Waals surface area contributed by atoms with Crippen molar-refractivity contribution in [3.8, 4) is 0 Å². The van der Waals surface area contributed by atoms with Crippen molar-refractivity contribution in [2.45, 2.75) is 44.8 Å². The predicted molar refractivity (Wildman–Crippen MR) is 90.7 cm³/mol. The number of amides is 1. The predicted octanol–water partition coefficient (Wildman–Crippen LogP) is 1.86. The number of aldehydes is 1. The number of benzene rings is 1. The second kappa shape index (κ2) is 9.42. The average molecular weight is 340 g/mol. The molecule has 0 radical (unpaired) electrons. The molecule has 0 fully saturated rings. The van der Waals surface area contributed by atoms with Crippen molar-refractivity contribution in [1.29, 1.82) is 0 Å². The van der Waals surface area contributed by atoms with Gasteiger partial charge in [0.2, 0.25) is 15.9 Å². The summed E-state index contributed by atoms with van der Waals surface area (Å²) in [5.74, 6) is -0.125. The van der Waals surface area contributed by atoms with Gasteiger partial charge >= 0.3 is 0 Å². The largest absolute Gasteiger partial charge is 0.326 e. The number of nitrogens with one attached hydrogen (secondary N) is 2. The van der Waals surface area contributed by atoms with Crippen molar-refractivity contribution in [3.63, 3.8) is 0 Å². The van der Waals surface area contributed by atoms with Crippen LogP contribution in [0.4, 0.5) is 5.69 Å². The molecule has 23 heavy (non-hydrogen) atoms. The maximum atomic E-state index is 11.8. The van der Waals surface area contributed by atoms with Gasteiger partial charge in [0, 0.05) is 25.1 Å². The molecular weight excluding hydrogens is 316 g/mol. The zero-order valence-corrected chi connectivity index (χ0v) is 14.4. The maximum Gasteiger partial charge on any atom is 0.224 e. The van der Waals surface area contributed by atoms with Crippen LogP contribution in [0.3, 0.4) is 0 Å². The molecule has 7 heteroatoms. The molecule has 0 atom stereocenters. The number of rotatable bonds is 10. The number of hydrogen-bond acceptors (Lipinski definition) is 4. The molecule has 0 unspecified atom stereocenters. The van der Waals surface area contributed by atoms with E-state index in [1.54, 1.807) is 32.0 Å². The van der Waals surface area contributed by atoms with Crippen LogP contribution in [0.1, 0.15) is 38.7 Å². The van der Waals surface area contributed by atoms with E-state index >= 15 is 0 Å². The Hall–Kier alpha value is -1.73. The Balaban J connectivity index is 2.30. The molecule has 0 aliphatic heterocycles. The lowest BCUT2D eigenvalue weighted by Gasteiger charge is -2.09. The summed E-state index contributed by atoms with van der Waals surface area (Å²) < 4.78 is 25.6. The van der Waals surface area contributed by atoms with Gasteiger partial charge in [-0.05, 0) is 44.4 Å². The molecule has 0 saturated carbocycles. The highest BCUT2D eigenvalue weighted by Crippen LogP contribution is 2.11. The van der Waals surface area contributed by atoms with Crippen molar-refractivity contribution >= 4 is 27.9 Å². The Bertz CT molecular complexity index is 627. The van der Waals surface area contributed by atoms with Gasteiger partial charge in [0.25, 0.3) is 0 Å². The molecule has 2 N–H and O–H groups in total. The van der Waals surface area contributed by atoms with E-state index in [0.29, 0.717) is 37.9 Å². The Morgan fingerprint density at radius 2 is 2.00 bits per heavy atom. The van der Waals surface area contributed by atoms with Crippen LogP contribution in [0.5, 0.6) is 0 Å². The first-order valence-electron chi connectivity index (χ1n) is 7.66. The fourth-order valence-corrected chi connectivity index (χ4v) is 2.65. The minimum absolute atomic E-state index is 0.125. The molecular formula is C16H24N2O4S. The van der Waals surface area contributed by atoms with Crippen molar-refractivity contribution < 1.29 is 18.0 Å². The first-order valence-corrected chi connectivity index (χ1v) is 9.20. The Labute approximate surface area is 137 Å². The normalized spacial score (nSPS) is 11.4.